The van der Waals surface area contributed by atoms with Gasteiger partial charge in [0.15, 0.2) is 0 Å². The number of carbonyl (C=O) groups excluding carboxylic acids is 3. The summed E-state index contributed by atoms with van der Waals surface area (Å²) >= 11 is 0. The molecule has 0 unspecified atom stereocenters. The van der Waals surface area contributed by atoms with E-state index in [4.69, 9.17) is 4.74 Å². The maximum Gasteiger partial charge on any atom is 0.416 e. The van der Waals surface area contributed by atoms with Crippen LogP contribution in [0.3, 0.4) is 0 Å². The standard InChI is InChI=1S/C21H26F3N3O6S/c1-5-20(19(30)33-4)16-15(17(28)26(3)18(16)29)14(25-20)11-27(6-2)34(31,32)13-9-7-12(8-10-13)21(22,23)24/h7-10,14-16,25H,5-6,11H2,1-4H3/t14-,15+,16-,20-/m1/s1. The molecule has 0 radical (unpaired) electrons. The molecule has 0 aromatic heterocycles. The Morgan fingerprint density at radius 1 is 1.18 bits per heavy atom. The number of methoxy groups -OCH3 is 1. The van der Waals surface area contributed by atoms with Gasteiger partial charge in [0.2, 0.25) is 21.8 Å². The Morgan fingerprint density at radius 3 is 2.24 bits per heavy atom. The minimum Gasteiger partial charge on any atom is -0.468 e. The summed E-state index contributed by atoms with van der Waals surface area (Å²) in [5.41, 5.74) is -2.50. The molecule has 2 saturated heterocycles. The predicted octanol–water partition coefficient (Wildman–Crippen LogP) is 1.24. The molecule has 0 saturated carbocycles. The van der Waals surface area contributed by atoms with Crippen LogP contribution in [0.2, 0.25) is 0 Å². The molecule has 2 heterocycles. The molecule has 2 fully saturated rings. The summed E-state index contributed by atoms with van der Waals surface area (Å²) in [7, 11) is -1.79. The lowest BCUT2D eigenvalue weighted by molar-refractivity contribution is -0.154. The average Bonchev–Trinajstić information content (AvgIpc) is 3.25. The highest BCUT2D eigenvalue weighted by Gasteiger charge is 2.67. The second-order valence-electron chi connectivity index (χ2n) is 8.28. The van der Waals surface area contributed by atoms with Crippen molar-refractivity contribution < 1.29 is 40.7 Å². The number of imide groups is 1. The van der Waals surface area contributed by atoms with E-state index in [0.717, 1.165) is 28.4 Å². The minimum absolute atomic E-state index is 0.0613. The van der Waals surface area contributed by atoms with Gasteiger partial charge in [-0.1, -0.05) is 13.8 Å². The third kappa shape index (κ3) is 3.99. The number of halogens is 3. The van der Waals surface area contributed by atoms with Gasteiger partial charge in [-0.3, -0.25) is 24.6 Å². The molecule has 2 amide bonds. The number of benzene rings is 1. The highest BCUT2D eigenvalue weighted by atomic mass is 32.2. The first-order valence-corrected chi connectivity index (χ1v) is 12.0. The number of carbonyl (C=O) groups is 3. The van der Waals surface area contributed by atoms with Crippen LogP contribution in [0, 0.1) is 11.8 Å². The fourth-order valence-electron chi connectivity index (χ4n) is 4.84. The fourth-order valence-corrected chi connectivity index (χ4v) is 6.32. The van der Waals surface area contributed by atoms with Crippen molar-refractivity contribution in [3.8, 4) is 0 Å². The van der Waals surface area contributed by atoms with Crippen LogP contribution in [0.25, 0.3) is 0 Å². The molecule has 0 spiro atoms. The zero-order chi connectivity index (χ0) is 25.6. The first kappa shape index (κ1) is 26.1. The molecular formula is C21H26F3N3O6S. The highest BCUT2D eigenvalue weighted by molar-refractivity contribution is 7.89. The van der Waals surface area contributed by atoms with Crippen molar-refractivity contribution in [1.29, 1.82) is 0 Å². The zero-order valence-electron chi connectivity index (χ0n) is 19.0. The molecule has 1 aromatic rings. The number of ether oxygens (including phenoxy) is 1. The maximum absolute atomic E-state index is 13.2. The Hall–Kier alpha value is -2.51. The predicted molar refractivity (Wildman–Crippen MR) is 113 cm³/mol. The van der Waals surface area contributed by atoms with Crippen LogP contribution in [-0.4, -0.2) is 74.2 Å². The van der Waals surface area contributed by atoms with Gasteiger partial charge in [-0.2, -0.15) is 17.5 Å². The smallest absolute Gasteiger partial charge is 0.416 e. The second-order valence-corrected chi connectivity index (χ2v) is 10.2. The van der Waals surface area contributed by atoms with Crippen LogP contribution < -0.4 is 5.32 Å². The van der Waals surface area contributed by atoms with Gasteiger partial charge in [-0.05, 0) is 30.7 Å². The van der Waals surface area contributed by atoms with E-state index in [2.05, 4.69) is 5.32 Å². The third-order valence-electron chi connectivity index (χ3n) is 6.66. The second kappa shape index (κ2) is 8.93. The minimum atomic E-state index is -4.62. The summed E-state index contributed by atoms with van der Waals surface area (Å²) in [4.78, 5) is 39.0. The summed E-state index contributed by atoms with van der Waals surface area (Å²) < 4.78 is 70.9. The van der Waals surface area contributed by atoms with Gasteiger partial charge in [-0.25, -0.2) is 8.42 Å². The van der Waals surface area contributed by atoms with Gasteiger partial charge >= 0.3 is 12.1 Å². The number of hydrogen-bond acceptors (Lipinski definition) is 7. The van der Waals surface area contributed by atoms with Crippen LogP contribution in [-0.2, 0) is 35.3 Å². The Labute approximate surface area is 195 Å². The van der Waals surface area contributed by atoms with Gasteiger partial charge < -0.3 is 4.74 Å². The van der Waals surface area contributed by atoms with E-state index >= 15 is 0 Å². The monoisotopic (exact) mass is 505 g/mol. The van der Waals surface area contributed by atoms with Gasteiger partial charge in [0, 0.05) is 26.2 Å². The first-order valence-electron chi connectivity index (χ1n) is 10.6. The fraction of sp³-hybridized carbons (Fsp3) is 0.571. The normalized spacial score (nSPS) is 27.4. The number of nitrogens with zero attached hydrogens (tertiary/aromatic N) is 2. The third-order valence-corrected chi connectivity index (χ3v) is 8.61. The van der Waals surface area contributed by atoms with Crippen LogP contribution in [0.5, 0.6) is 0 Å². The van der Waals surface area contributed by atoms with Gasteiger partial charge in [-0.15, -0.1) is 0 Å². The lowest BCUT2D eigenvalue weighted by atomic mass is 9.78. The molecule has 2 aliphatic heterocycles. The Balaban J connectivity index is 1.97. The van der Waals surface area contributed by atoms with E-state index in [-0.39, 0.29) is 24.4 Å². The maximum atomic E-state index is 13.2. The van der Waals surface area contributed by atoms with Gasteiger partial charge in [0.25, 0.3) is 0 Å². The summed E-state index contributed by atoms with van der Waals surface area (Å²) in [6.45, 7) is 2.84. The van der Waals surface area contributed by atoms with E-state index in [0.29, 0.717) is 12.1 Å². The number of sulfonamides is 1. The van der Waals surface area contributed by atoms with Crippen molar-refractivity contribution in [2.75, 3.05) is 27.2 Å². The largest absolute Gasteiger partial charge is 0.468 e. The van der Waals surface area contributed by atoms with E-state index in [1.165, 1.54) is 14.0 Å². The topological polar surface area (TPSA) is 113 Å². The molecule has 34 heavy (non-hydrogen) atoms. The molecule has 9 nitrogen and oxygen atoms in total. The molecule has 0 aliphatic carbocycles. The van der Waals surface area contributed by atoms with E-state index in [9.17, 15) is 36.0 Å². The number of rotatable bonds is 7. The lowest BCUT2D eigenvalue weighted by Gasteiger charge is -2.31. The quantitative estimate of drug-likeness (QED) is 0.438. The summed E-state index contributed by atoms with van der Waals surface area (Å²) in [5.74, 6) is -3.92. The Morgan fingerprint density at radius 2 is 1.76 bits per heavy atom. The van der Waals surface area contributed by atoms with E-state index in [1.54, 1.807) is 6.92 Å². The number of likely N-dealkylation sites (tertiary alicyclic amines) is 1. The number of hydrogen-bond donors (Lipinski definition) is 1. The van der Waals surface area contributed by atoms with Crippen LogP contribution >= 0.6 is 0 Å². The van der Waals surface area contributed by atoms with Gasteiger partial charge in [0.1, 0.15) is 5.54 Å². The lowest BCUT2D eigenvalue weighted by Crippen LogP contribution is -2.58. The van der Waals surface area contributed by atoms with Crippen molar-refractivity contribution >= 4 is 27.8 Å². The van der Waals surface area contributed by atoms with Crippen molar-refractivity contribution in [3.05, 3.63) is 29.8 Å². The molecule has 1 aromatic carbocycles. The van der Waals surface area contributed by atoms with Crippen molar-refractivity contribution in [3.63, 3.8) is 0 Å². The average molecular weight is 506 g/mol. The number of nitrogens with one attached hydrogen (secondary N) is 1. The summed E-state index contributed by atoms with van der Waals surface area (Å²) in [6, 6.07) is 2.19. The van der Waals surface area contributed by atoms with Crippen molar-refractivity contribution in [1.82, 2.24) is 14.5 Å². The van der Waals surface area contributed by atoms with E-state index < -0.39 is 63.0 Å². The van der Waals surface area contributed by atoms with Gasteiger partial charge in [0.05, 0.1) is 29.4 Å². The SMILES string of the molecule is CCN(C[C@H]1N[C@@](CC)(C(=O)OC)[C@H]2C(=O)N(C)C(=O)[C@@H]12)S(=O)(=O)c1ccc(C(F)(F)F)cc1. The molecule has 0 bridgehead atoms. The molecule has 1 N–H and O–H groups in total. The molecule has 188 valence electrons. The van der Waals surface area contributed by atoms with E-state index in [1.807, 2.05) is 0 Å². The Kier molecular flexibility index (Phi) is 6.86. The Bertz CT molecular complexity index is 1090. The number of esters is 1. The number of amides is 2. The first-order chi connectivity index (χ1) is 15.8. The molecular weight excluding hydrogens is 479 g/mol. The highest BCUT2D eigenvalue weighted by Crippen LogP contribution is 2.45. The molecule has 3 rings (SSSR count). The number of alkyl halides is 3. The van der Waals surface area contributed by atoms with Crippen LogP contribution in [0.15, 0.2) is 29.2 Å². The molecule has 2 aliphatic rings. The van der Waals surface area contributed by atoms with Crippen LogP contribution in [0.1, 0.15) is 25.8 Å². The number of fused-ring (bicyclic) bond motifs is 1. The molecule has 4 atom stereocenters. The van der Waals surface area contributed by atoms with Crippen molar-refractivity contribution in [2.24, 2.45) is 11.8 Å². The summed E-state index contributed by atoms with van der Waals surface area (Å²) in [6.07, 6.45) is -4.50. The number of likely N-dealkylation sites (N-methyl/N-ethyl adjacent to an activating group) is 1. The van der Waals surface area contributed by atoms with Crippen LogP contribution in [0.4, 0.5) is 13.2 Å². The molecule has 13 heteroatoms. The van der Waals surface area contributed by atoms with Crippen molar-refractivity contribution in [2.45, 2.75) is 42.9 Å². The summed E-state index contributed by atoms with van der Waals surface area (Å²) in [5, 5.41) is 3.01. The zero-order valence-corrected chi connectivity index (χ0v) is 19.9.